The average Bonchev–Trinajstić information content (AvgIpc) is 2.72. The van der Waals surface area contributed by atoms with Crippen molar-refractivity contribution < 1.29 is 19.7 Å². The van der Waals surface area contributed by atoms with Gasteiger partial charge in [0, 0.05) is 19.6 Å². The number of β-amino-alcohol motifs (C(OH)–C–C–N with tert-alkyl or cyclic N) is 1. The van der Waals surface area contributed by atoms with Gasteiger partial charge in [-0.3, -0.25) is 0 Å². The Labute approximate surface area is 129 Å². The van der Waals surface area contributed by atoms with E-state index in [9.17, 15) is 15.0 Å². The van der Waals surface area contributed by atoms with E-state index in [-0.39, 0.29) is 19.0 Å². The second-order valence-corrected chi connectivity index (χ2v) is 5.45. The van der Waals surface area contributed by atoms with E-state index < -0.39 is 23.8 Å². The molecule has 1 spiro atoms. The van der Waals surface area contributed by atoms with Crippen molar-refractivity contribution >= 4 is 18.5 Å². The number of aliphatic hydroxyl groups is 2. The first-order chi connectivity index (χ1) is 9.61. The van der Waals surface area contributed by atoms with Crippen LogP contribution in [0.5, 0.6) is 0 Å². The molecular formula is C14H19ClN2O4. The first-order valence-electron chi connectivity index (χ1n) is 6.67. The maximum Gasteiger partial charge on any atom is 0.410 e. The Morgan fingerprint density at radius 1 is 1.33 bits per heavy atom. The summed E-state index contributed by atoms with van der Waals surface area (Å²) in [7, 11) is 0. The third-order valence-electron chi connectivity index (χ3n) is 4.00. The second-order valence-electron chi connectivity index (χ2n) is 5.45. The summed E-state index contributed by atoms with van der Waals surface area (Å²) in [6, 6.07) is 9.47. The number of aliphatic hydroxyl groups excluding tert-OH is 2. The molecule has 2 aliphatic heterocycles. The number of halogens is 1. The normalized spacial score (nSPS) is 26.1. The van der Waals surface area contributed by atoms with Gasteiger partial charge in [0.05, 0.1) is 11.6 Å². The molecule has 2 unspecified atom stereocenters. The van der Waals surface area contributed by atoms with Crippen LogP contribution in [-0.2, 0) is 11.3 Å². The quantitative estimate of drug-likeness (QED) is 0.722. The number of nitrogens with zero attached hydrogens (tertiary/aromatic N) is 1. The van der Waals surface area contributed by atoms with Crippen molar-refractivity contribution in [3.63, 3.8) is 0 Å². The molecule has 1 amide bonds. The minimum Gasteiger partial charge on any atom is -0.445 e. The molecule has 116 valence electrons. The molecule has 0 aliphatic carbocycles. The number of rotatable bonds is 2. The van der Waals surface area contributed by atoms with Gasteiger partial charge in [-0.15, -0.1) is 12.4 Å². The number of likely N-dealkylation sites (tertiary alicyclic amines) is 1. The number of nitrogens with one attached hydrogen (secondary N) is 1. The average molecular weight is 315 g/mol. The van der Waals surface area contributed by atoms with E-state index in [1.165, 1.54) is 4.90 Å². The van der Waals surface area contributed by atoms with Crippen LogP contribution in [0.25, 0.3) is 0 Å². The van der Waals surface area contributed by atoms with Gasteiger partial charge in [-0.25, -0.2) is 4.79 Å². The van der Waals surface area contributed by atoms with Crippen LogP contribution in [0.1, 0.15) is 5.56 Å². The van der Waals surface area contributed by atoms with Crippen molar-refractivity contribution in [3.8, 4) is 0 Å². The Hall–Kier alpha value is -1.34. The largest absolute Gasteiger partial charge is 0.445 e. The predicted octanol–water partition coefficient (Wildman–Crippen LogP) is 0.124. The van der Waals surface area contributed by atoms with Crippen molar-refractivity contribution in [3.05, 3.63) is 35.9 Å². The Bertz CT molecular complexity index is 493. The van der Waals surface area contributed by atoms with E-state index in [1.54, 1.807) is 0 Å². The number of hydrogen-bond acceptors (Lipinski definition) is 5. The van der Waals surface area contributed by atoms with Crippen LogP contribution in [0.3, 0.4) is 0 Å². The molecule has 6 nitrogen and oxygen atoms in total. The van der Waals surface area contributed by atoms with Crippen molar-refractivity contribution in [2.75, 3.05) is 19.6 Å². The molecule has 3 rings (SSSR count). The van der Waals surface area contributed by atoms with Gasteiger partial charge >= 0.3 is 6.09 Å². The van der Waals surface area contributed by atoms with E-state index in [2.05, 4.69) is 5.32 Å². The minimum absolute atomic E-state index is 0. The number of hydrogen-bond donors (Lipinski definition) is 3. The van der Waals surface area contributed by atoms with Crippen molar-refractivity contribution in [1.82, 2.24) is 10.2 Å². The van der Waals surface area contributed by atoms with Gasteiger partial charge in [0.15, 0.2) is 0 Å². The van der Waals surface area contributed by atoms with Gasteiger partial charge in [-0.1, -0.05) is 30.3 Å². The molecule has 1 aromatic carbocycles. The smallest absolute Gasteiger partial charge is 0.410 e. The third kappa shape index (κ3) is 2.98. The van der Waals surface area contributed by atoms with Crippen molar-refractivity contribution in [2.45, 2.75) is 24.4 Å². The second kappa shape index (κ2) is 6.19. The molecular weight excluding hydrogens is 296 g/mol. The zero-order valence-corrected chi connectivity index (χ0v) is 12.3. The summed E-state index contributed by atoms with van der Waals surface area (Å²) in [4.78, 5) is 13.4. The fourth-order valence-corrected chi connectivity index (χ4v) is 2.77. The van der Waals surface area contributed by atoms with E-state index >= 15 is 0 Å². The van der Waals surface area contributed by atoms with E-state index in [4.69, 9.17) is 4.74 Å². The predicted molar refractivity (Wildman–Crippen MR) is 78.2 cm³/mol. The fraction of sp³-hybridized carbons (Fsp3) is 0.500. The molecule has 0 radical (unpaired) electrons. The lowest BCUT2D eigenvalue weighted by Crippen LogP contribution is -2.72. The molecule has 0 aromatic heterocycles. The highest BCUT2D eigenvalue weighted by Gasteiger charge is 2.56. The lowest BCUT2D eigenvalue weighted by molar-refractivity contribution is -0.0537. The Balaban J connectivity index is 0.00000161. The van der Waals surface area contributed by atoms with Gasteiger partial charge in [0.25, 0.3) is 0 Å². The highest BCUT2D eigenvalue weighted by Crippen LogP contribution is 2.31. The summed E-state index contributed by atoms with van der Waals surface area (Å²) in [6.07, 6.45) is -1.99. The molecule has 2 atom stereocenters. The fourth-order valence-electron chi connectivity index (χ4n) is 2.77. The molecule has 3 N–H and O–H groups in total. The number of carbonyl (C=O) groups excluding carboxylic acids is 1. The van der Waals surface area contributed by atoms with E-state index in [0.29, 0.717) is 19.6 Å². The zero-order chi connectivity index (χ0) is 14.2. The highest BCUT2D eigenvalue weighted by molar-refractivity contribution is 5.85. The van der Waals surface area contributed by atoms with E-state index in [1.807, 2.05) is 30.3 Å². The molecule has 2 saturated heterocycles. The van der Waals surface area contributed by atoms with Gasteiger partial charge < -0.3 is 25.2 Å². The van der Waals surface area contributed by atoms with Crippen molar-refractivity contribution in [1.29, 1.82) is 0 Å². The van der Waals surface area contributed by atoms with Crippen LogP contribution >= 0.6 is 12.4 Å². The van der Waals surface area contributed by atoms with E-state index in [0.717, 1.165) is 5.56 Å². The lowest BCUT2D eigenvalue weighted by Gasteiger charge is -2.49. The van der Waals surface area contributed by atoms with Crippen LogP contribution < -0.4 is 5.32 Å². The monoisotopic (exact) mass is 314 g/mol. The standard InChI is InChI=1S/C14H18N2O4.ClH/c17-11-6-15-14(12(11)18)8-16(9-14)13(19)20-7-10-4-2-1-3-5-10;/h1-5,11-12,15,17-18H,6-9H2;1H. The summed E-state index contributed by atoms with van der Waals surface area (Å²) in [5.74, 6) is 0. The minimum atomic E-state index is -0.833. The maximum atomic E-state index is 11.9. The Kier molecular flexibility index (Phi) is 4.73. The molecule has 7 heteroatoms. The molecule has 21 heavy (non-hydrogen) atoms. The number of amides is 1. The Morgan fingerprint density at radius 2 is 2.00 bits per heavy atom. The molecule has 2 heterocycles. The molecule has 1 aromatic rings. The lowest BCUT2D eigenvalue weighted by atomic mass is 9.85. The summed E-state index contributed by atoms with van der Waals surface area (Å²) in [5.41, 5.74) is 0.371. The number of ether oxygens (including phenoxy) is 1. The summed E-state index contributed by atoms with van der Waals surface area (Å²) in [5, 5.41) is 22.5. The van der Waals surface area contributed by atoms with Crippen LogP contribution in [0.4, 0.5) is 4.79 Å². The molecule has 2 fully saturated rings. The van der Waals surface area contributed by atoms with Crippen LogP contribution in [0.15, 0.2) is 30.3 Å². The summed E-state index contributed by atoms with van der Waals surface area (Å²) in [6.45, 7) is 1.31. The van der Waals surface area contributed by atoms with Gasteiger partial charge in [0.2, 0.25) is 0 Å². The van der Waals surface area contributed by atoms with Gasteiger partial charge in [-0.05, 0) is 5.56 Å². The maximum absolute atomic E-state index is 11.9. The van der Waals surface area contributed by atoms with Crippen LogP contribution in [-0.4, -0.2) is 58.6 Å². The molecule has 0 bridgehead atoms. The van der Waals surface area contributed by atoms with Crippen LogP contribution in [0.2, 0.25) is 0 Å². The number of benzene rings is 1. The Morgan fingerprint density at radius 3 is 2.57 bits per heavy atom. The topological polar surface area (TPSA) is 82.0 Å². The summed E-state index contributed by atoms with van der Waals surface area (Å²) < 4.78 is 5.21. The van der Waals surface area contributed by atoms with Gasteiger partial charge in [-0.2, -0.15) is 0 Å². The first-order valence-corrected chi connectivity index (χ1v) is 6.67. The highest BCUT2D eigenvalue weighted by atomic mass is 35.5. The number of carbonyl (C=O) groups is 1. The van der Waals surface area contributed by atoms with Crippen molar-refractivity contribution in [2.24, 2.45) is 0 Å². The van der Waals surface area contributed by atoms with Crippen LogP contribution in [0, 0.1) is 0 Å². The molecule has 2 aliphatic rings. The zero-order valence-electron chi connectivity index (χ0n) is 11.4. The third-order valence-corrected chi connectivity index (χ3v) is 4.00. The summed E-state index contributed by atoms with van der Waals surface area (Å²) >= 11 is 0. The SMILES string of the molecule is Cl.O=C(OCc1ccccc1)N1CC2(C1)NCC(O)C2O. The van der Waals surface area contributed by atoms with Gasteiger partial charge in [0.1, 0.15) is 12.7 Å². The first kappa shape index (κ1) is 16.0. The molecule has 0 saturated carbocycles.